The molecule has 0 unspecified atom stereocenters. The van der Waals surface area contributed by atoms with Crippen molar-refractivity contribution < 1.29 is 9.53 Å². The molecule has 0 fully saturated rings. The van der Waals surface area contributed by atoms with Crippen LogP contribution in [0.25, 0.3) is 0 Å². The van der Waals surface area contributed by atoms with Gasteiger partial charge in [0.1, 0.15) is 0 Å². The molecule has 0 amide bonds. The third-order valence-electron chi connectivity index (χ3n) is 2.00. The number of carbonyl (C=O) groups is 1. The number of carbonyl (C=O) groups excluding carboxylic acids is 1. The molecule has 0 radical (unpaired) electrons. The van der Waals surface area contributed by atoms with Crippen molar-refractivity contribution in [2.75, 3.05) is 20.2 Å². The summed E-state index contributed by atoms with van der Waals surface area (Å²) in [4.78, 5) is 13.2. The van der Waals surface area contributed by atoms with Crippen LogP contribution in [0.5, 0.6) is 0 Å². The van der Waals surface area contributed by atoms with E-state index in [1.165, 1.54) is 0 Å². The van der Waals surface area contributed by atoms with Gasteiger partial charge in [-0.1, -0.05) is 6.58 Å². The zero-order valence-corrected chi connectivity index (χ0v) is 10.6. The van der Waals surface area contributed by atoms with Gasteiger partial charge < -0.3 is 9.64 Å². The van der Waals surface area contributed by atoms with E-state index < -0.39 is 0 Å². The minimum absolute atomic E-state index is 0.351. The van der Waals surface area contributed by atoms with Gasteiger partial charge in [-0.05, 0) is 26.8 Å². The molecule has 0 aromatic heterocycles. The molecule has 0 aliphatic rings. The van der Waals surface area contributed by atoms with Crippen molar-refractivity contribution in [1.82, 2.24) is 4.90 Å². The minimum atomic E-state index is -0.351. The highest BCUT2D eigenvalue weighted by atomic mass is 16.5. The average molecular weight is 223 g/mol. The molecule has 0 aromatic rings. The first-order valence-corrected chi connectivity index (χ1v) is 5.11. The summed E-state index contributed by atoms with van der Waals surface area (Å²) in [6, 6.07) is 0. The lowest BCUT2D eigenvalue weighted by atomic mass is 10.2. The normalized spacial score (nSPS) is 9.75. The number of esters is 1. The van der Waals surface area contributed by atoms with E-state index in [0.29, 0.717) is 12.2 Å². The van der Waals surface area contributed by atoms with Crippen molar-refractivity contribution in [2.45, 2.75) is 20.8 Å². The number of hydrogen-bond acceptors (Lipinski definition) is 3. The van der Waals surface area contributed by atoms with Crippen LogP contribution in [0.1, 0.15) is 20.8 Å². The highest BCUT2D eigenvalue weighted by Crippen LogP contribution is 2.05. The van der Waals surface area contributed by atoms with Crippen LogP contribution in [0.15, 0.2) is 23.9 Å². The standard InChI is InChI=1S/C11H19NO2.C2H2/c1-6-12(5)10(4)8-9(3)11(13)14-7-2;1-2/h8H,3,6-7H2,1-2,4-5H3;1-2H/b10-8-;. The van der Waals surface area contributed by atoms with Gasteiger partial charge in [0.15, 0.2) is 0 Å². The second kappa shape index (κ2) is 9.85. The Bertz CT molecular complexity index is 277. The van der Waals surface area contributed by atoms with E-state index in [1.54, 1.807) is 13.0 Å². The molecule has 3 nitrogen and oxygen atoms in total. The maximum Gasteiger partial charge on any atom is 0.337 e. The third kappa shape index (κ3) is 6.72. The molecule has 16 heavy (non-hydrogen) atoms. The Hall–Kier alpha value is -1.69. The predicted octanol–water partition coefficient (Wildman–Crippen LogP) is 2.21. The molecule has 0 atom stereocenters. The number of allylic oxidation sites excluding steroid dienone is 1. The Labute approximate surface area is 98.8 Å². The second-order valence-electron chi connectivity index (χ2n) is 3.05. The number of rotatable bonds is 5. The summed E-state index contributed by atoms with van der Waals surface area (Å²) in [5.74, 6) is -0.351. The van der Waals surface area contributed by atoms with Crippen LogP contribution in [-0.4, -0.2) is 31.1 Å². The number of terminal acetylenes is 1. The molecule has 0 saturated carbocycles. The summed E-state index contributed by atoms with van der Waals surface area (Å²) >= 11 is 0. The van der Waals surface area contributed by atoms with Crippen molar-refractivity contribution in [1.29, 1.82) is 0 Å². The van der Waals surface area contributed by atoms with Gasteiger partial charge in [0.2, 0.25) is 0 Å². The molecule has 0 spiro atoms. The number of ether oxygens (including phenoxy) is 1. The molecule has 0 bridgehead atoms. The van der Waals surface area contributed by atoms with Gasteiger partial charge in [-0.25, -0.2) is 4.79 Å². The van der Waals surface area contributed by atoms with E-state index in [1.807, 2.05) is 25.8 Å². The van der Waals surface area contributed by atoms with Crippen LogP contribution < -0.4 is 0 Å². The van der Waals surface area contributed by atoms with Crippen molar-refractivity contribution >= 4 is 5.97 Å². The van der Waals surface area contributed by atoms with Gasteiger partial charge >= 0.3 is 5.97 Å². The molecule has 3 heteroatoms. The summed E-state index contributed by atoms with van der Waals surface area (Å²) in [5, 5.41) is 0. The Balaban J connectivity index is 0. The van der Waals surface area contributed by atoms with E-state index in [2.05, 4.69) is 19.4 Å². The molecule has 0 aromatic carbocycles. The maximum absolute atomic E-state index is 11.2. The van der Waals surface area contributed by atoms with Gasteiger partial charge in [-0.2, -0.15) is 0 Å². The fourth-order valence-electron chi connectivity index (χ4n) is 0.894. The Morgan fingerprint density at radius 2 is 1.94 bits per heavy atom. The molecule has 0 heterocycles. The quantitative estimate of drug-likeness (QED) is 0.310. The Kier molecular flexibility index (Phi) is 10.3. The number of hydrogen-bond donors (Lipinski definition) is 0. The highest BCUT2D eigenvalue weighted by molar-refractivity contribution is 5.90. The van der Waals surface area contributed by atoms with E-state index in [9.17, 15) is 4.79 Å². The van der Waals surface area contributed by atoms with Crippen LogP contribution in [0.3, 0.4) is 0 Å². The van der Waals surface area contributed by atoms with Crippen molar-refractivity contribution in [3.63, 3.8) is 0 Å². The van der Waals surface area contributed by atoms with Crippen LogP contribution in [0.2, 0.25) is 0 Å². The molecule has 90 valence electrons. The summed E-state index contributed by atoms with van der Waals surface area (Å²) in [6.45, 7) is 10.7. The smallest absolute Gasteiger partial charge is 0.337 e. The van der Waals surface area contributed by atoms with Gasteiger partial charge in [0.05, 0.1) is 12.2 Å². The van der Waals surface area contributed by atoms with Gasteiger partial charge in [0.25, 0.3) is 0 Å². The summed E-state index contributed by atoms with van der Waals surface area (Å²) < 4.78 is 4.82. The Morgan fingerprint density at radius 3 is 2.31 bits per heavy atom. The van der Waals surface area contributed by atoms with E-state index in [4.69, 9.17) is 4.74 Å². The third-order valence-corrected chi connectivity index (χ3v) is 2.00. The fraction of sp³-hybridized carbons (Fsp3) is 0.462. The first kappa shape index (κ1) is 16.7. The van der Waals surface area contributed by atoms with Crippen LogP contribution in [0, 0.1) is 12.8 Å². The van der Waals surface area contributed by atoms with Crippen LogP contribution in [-0.2, 0) is 9.53 Å². The predicted molar refractivity (Wildman–Crippen MR) is 67.7 cm³/mol. The zero-order valence-electron chi connectivity index (χ0n) is 10.6. The van der Waals surface area contributed by atoms with Crippen molar-refractivity contribution in [3.8, 4) is 12.8 Å². The summed E-state index contributed by atoms with van der Waals surface area (Å²) in [5.41, 5.74) is 1.40. The lowest BCUT2D eigenvalue weighted by molar-refractivity contribution is -0.138. The van der Waals surface area contributed by atoms with E-state index in [-0.39, 0.29) is 5.97 Å². The highest BCUT2D eigenvalue weighted by Gasteiger charge is 2.05. The monoisotopic (exact) mass is 223 g/mol. The SMILES string of the molecule is C#C.C=C(/C=C(/C)N(C)CC)C(=O)OCC. The molecule has 0 saturated heterocycles. The average Bonchev–Trinajstić information content (AvgIpc) is 2.30. The van der Waals surface area contributed by atoms with Gasteiger partial charge in [-0.15, -0.1) is 12.8 Å². The minimum Gasteiger partial charge on any atom is -0.462 e. The van der Waals surface area contributed by atoms with Crippen LogP contribution >= 0.6 is 0 Å². The topological polar surface area (TPSA) is 29.5 Å². The second-order valence-corrected chi connectivity index (χ2v) is 3.05. The molecule has 0 aliphatic carbocycles. The number of nitrogens with zero attached hydrogens (tertiary/aromatic N) is 1. The molecule has 0 rings (SSSR count). The fourth-order valence-corrected chi connectivity index (χ4v) is 0.894. The van der Waals surface area contributed by atoms with Gasteiger partial charge in [-0.3, -0.25) is 0 Å². The lowest BCUT2D eigenvalue weighted by Crippen LogP contribution is -2.16. The van der Waals surface area contributed by atoms with Crippen LogP contribution in [0.4, 0.5) is 0 Å². The molecule has 0 N–H and O–H groups in total. The maximum atomic E-state index is 11.2. The lowest BCUT2D eigenvalue weighted by Gasteiger charge is -2.17. The molecular formula is C13H21NO2. The van der Waals surface area contributed by atoms with Gasteiger partial charge in [0, 0.05) is 19.3 Å². The molecular weight excluding hydrogens is 202 g/mol. The first-order valence-electron chi connectivity index (χ1n) is 5.11. The zero-order chi connectivity index (χ0) is 13.1. The van der Waals surface area contributed by atoms with Crippen molar-refractivity contribution in [3.05, 3.63) is 23.9 Å². The Morgan fingerprint density at radius 1 is 1.44 bits per heavy atom. The largest absolute Gasteiger partial charge is 0.462 e. The first-order chi connectivity index (χ1) is 7.52. The summed E-state index contributed by atoms with van der Waals surface area (Å²) in [6.07, 6.45) is 9.74. The molecule has 0 aliphatic heterocycles. The van der Waals surface area contributed by atoms with Crippen molar-refractivity contribution in [2.24, 2.45) is 0 Å². The van der Waals surface area contributed by atoms with E-state index in [0.717, 1.165) is 12.2 Å². The summed E-state index contributed by atoms with van der Waals surface area (Å²) in [7, 11) is 1.96. The van der Waals surface area contributed by atoms with E-state index >= 15 is 0 Å².